The Hall–Kier alpha value is -4.30. The summed E-state index contributed by atoms with van der Waals surface area (Å²) in [4.78, 5) is 12.9. The number of esters is 1. The fourth-order valence-corrected chi connectivity index (χ4v) is 3.56. The Bertz CT molecular complexity index is 1390. The van der Waals surface area contributed by atoms with Crippen LogP contribution in [0.25, 0.3) is 21.9 Å². The van der Waals surface area contributed by atoms with Crippen molar-refractivity contribution in [2.45, 2.75) is 26.4 Å². The van der Waals surface area contributed by atoms with Gasteiger partial charge in [0.15, 0.2) is 0 Å². The van der Waals surface area contributed by atoms with Crippen LogP contribution in [0.5, 0.6) is 11.5 Å². The molecule has 0 aliphatic rings. The molecule has 0 unspecified atom stereocenters. The van der Waals surface area contributed by atoms with E-state index in [1.807, 2.05) is 63.2 Å². The van der Waals surface area contributed by atoms with Gasteiger partial charge in [-0.15, -0.1) is 0 Å². The Morgan fingerprint density at radius 3 is 2.36 bits per heavy atom. The second kappa shape index (κ2) is 8.68. The molecular weight excluding hydrogens is 412 g/mol. The molecular formula is C28H24N2O3. The largest absolute Gasteiger partial charge is 0.457 e. The molecule has 4 aromatic carbocycles. The standard InChI is InChI=1S/C28H24N2O3/c1-28(2,3)33-27(31)24-7-5-4-6-23(24)25-16-21(30)11-13-26(25)32-22-12-10-19-14-18(17-29)8-9-20(19)15-22/h4-16H,30H2,1-3H3. The number of benzene rings is 4. The number of hydrogen-bond acceptors (Lipinski definition) is 5. The van der Waals surface area contributed by atoms with E-state index in [-0.39, 0.29) is 0 Å². The first-order chi connectivity index (χ1) is 15.7. The number of fused-ring (bicyclic) bond motifs is 1. The fourth-order valence-electron chi connectivity index (χ4n) is 3.56. The van der Waals surface area contributed by atoms with Gasteiger partial charge in [0.05, 0.1) is 17.2 Å². The molecule has 4 rings (SSSR count). The summed E-state index contributed by atoms with van der Waals surface area (Å²) in [6.45, 7) is 5.51. The van der Waals surface area contributed by atoms with E-state index in [0.717, 1.165) is 10.8 Å². The maximum Gasteiger partial charge on any atom is 0.339 e. The normalized spacial score (nSPS) is 11.1. The van der Waals surface area contributed by atoms with Gasteiger partial charge in [-0.05, 0) is 85.6 Å². The SMILES string of the molecule is CC(C)(C)OC(=O)c1ccccc1-c1cc(N)ccc1Oc1ccc2cc(C#N)ccc2c1. The van der Waals surface area contributed by atoms with E-state index in [4.69, 9.17) is 20.5 Å². The zero-order valence-electron chi connectivity index (χ0n) is 18.8. The lowest BCUT2D eigenvalue weighted by Crippen LogP contribution is -2.24. The van der Waals surface area contributed by atoms with E-state index < -0.39 is 11.6 Å². The lowest BCUT2D eigenvalue weighted by atomic mass is 9.98. The molecule has 4 aromatic rings. The molecule has 0 saturated carbocycles. The van der Waals surface area contributed by atoms with Crippen LogP contribution in [-0.2, 0) is 4.74 Å². The van der Waals surface area contributed by atoms with Gasteiger partial charge < -0.3 is 15.2 Å². The first-order valence-corrected chi connectivity index (χ1v) is 10.6. The highest BCUT2D eigenvalue weighted by Gasteiger charge is 2.22. The van der Waals surface area contributed by atoms with Crippen molar-refractivity contribution >= 4 is 22.4 Å². The van der Waals surface area contributed by atoms with Crippen molar-refractivity contribution in [3.8, 4) is 28.7 Å². The van der Waals surface area contributed by atoms with E-state index >= 15 is 0 Å². The Morgan fingerprint density at radius 2 is 1.61 bits per heavy atom. The number of rotatable bonds is 4. The molecule has 33 heavy (non-hydrogen) atoms. The van der Waals surface area contributed by atoms with Crippen LogP contribution in [0.3, 0.4) is 0 Å². The van der Waals surface area contributed by atoms with Gasteiger partial charge in [-0.1, -0.05) is 30.3 Å². The topological polar surface area (TPSA) is 85.3 Å². The number of nitriles is 1. The third-order valence-corrected chi connectivity index (χ3v) is 5.01. The van der Waals surface area contributed by atoms with Gasteiger partial charge in [0.25, 0.3) is 0 Å². The van der Waals surface area contributed by atoms with Crippen LogP contribution in [0.4, 0.5) is 5.69 Å². The zero-order valence-corrected chi connectivity index (χ0v) is 18.8. The highest BCUT2D eigenvalue weighted by molar-refractivity contribution is 5.98. The molecule has 0 aliphatic heterocycles. The summed E-state index contributed by atoms with van der Waals surface area (Å²) in [5.74, 6) is 0.784. The summed E-state index contributed by atoms with van der Waals surface area (Å²) >= 11 is 0. The number of hydrogen-bond donors (Lipinski definition) is 1. The van der Waals surface area contributed by atoms with E-state index in [1.165, 1.54) is 0 Å². The first kappa shape index (κ1) is 21.9. The zero-order chi connectivity index (χ0) is 23.6. The summed E-state index contributed by atoms with van der Waals surface area (Å²) in [6.07, 6.45) is 0. The molecule has 0 spiro atoms. The van der Waals surface area contributed by atoms with Crippen LogP contribution in [0.1, 0.15) is 36.7 Å². The minimum atomic E-state index is -0.615. The van der Waals surface area contributed by atoms with Crippen LogP contribution in [0.15, 0.2) is 78.9 Å². The molecule has 0 heterocycles. The minimum Gasteiger partial charge on any atom is -0.457 e. The van der Waals surface area contributed by atoms with Crippen molar-refractivity contribution in [1.29, 1.82) is 5.26 Å². The van der Waals surface area contributed by atoms with Crippen molar-refractivity contribution < 1.29 is 14.3 Å². The molecule has 164 valence electrons. The highest BCUT2D eigenvalue weighted by atomic mass is 16.6. The van der Waals surface area contributed by atoms with Crippen molar-refractivity contribution in [1.82, 2.24) is 0 Å². The lowest BCUT2D eigenvalue weighted by molar-refractivity contribution is 0.00704. The maximum atomic E-state index is 12.9. The number of nitrogens with two attached hydrogens (primary N) is 1. The molecule has 0 radical (unpaired) electrons. The second-order valence-electron chi connectivity index (χ2n) is 8.74. The molecule has 0 amide bonds. The molecule has 0 aliphatic carbocycles. The van der Waals surface area contributed by atoms with Crippen molar-refractivity contribution in [2.75, 3.05) is 5.73 Å². The third-order valence-electron chi connectivity index (χ3n) is 5.01. The van der Waals surface area contributed by atoms with Gasteiger partial charge in [0.1, 0.15) is 17.1 Å². The molecule has 0 atom stereocenters. The quantitative estimate of drug-likeness (QED) is 0.284. The van der Waals surface area contributed by atoms with Crippen LogP contribution in [0.2, 0.25) is 0 Å². The number of anilines is 1. The van der Waals surface area contributed by atoms with Gasteiger partial charge in [0, 0.05) is 11.3 Å². The Labute approximate surface area is 193 Å². The number of nitrogens with zero attached hydrogens (tertiary/aromatic N) is 1. The molecule has 5 heteroatoms. The summed E-state index contributed by atoms with van der Waals surface area (Å²) in [5.41, 5.74) is 8.44. The van der Waals surface area contributed by atoms with Crippen LogP contribution in [-0.4, -0.2) is 11.6 Å². The number of ether oxygens (including phenoxy) is 2. The van der Waals surface area contributed by atoms with Crippen molar-refractivity contribution in [2.24, 2.45) is 0 Å². The van der Waals surface area contributed by atoms with Crippen molar-refractivity contribution in [3.05, 3.63) is 90.0 Å². The average molecular weight is 437 g/mol. The van der Waals surface area contributed by atoms with Gasteiger partial charge >= 0.3 is 5.97 Å². The third kappa shape index (κ3) is 4.97. The first-order valence-electron chi connectivity index (χ1n) is 10.6. The summed E-state index contributed by atoms with van der Waals surface area (Å²) in [6, 6.07) is 25.9. The molecule has 0 saturated heterocycles. The Morgan fingerprint density at radius 1 is 0.879 bits per heavy atom. The summed E-state index contributed by atoms with van der Waals surface area (Å²) in [5, 5.41) is 11.0. The number of carbonyl (C=O) groups is 1. The van der Waals surface area contributed by atoms with E-state index in [9.17, 15) is 4.79 Å². The molecule has 2 N–H and O–H groups in total. The molecule has 0 fully saturated rings. The van der Waals surface area contributed by atoms with Gasteiger partial charge in [-0.3, -0.25) is 0 Å². The molecule has 0 bridgehead atoms. The maximum absolute atomic E-state index is 12.9. The number of nitrogen functional groups attached to an aromatic ring is 1. The molecule has 5 nitrogen and oxygen atoms in total. The lowest BCUT2D eigenvalue weighted by Gasteiger charge is -2.21. The van der Waals surface area contributed by atoms with Crippen LogP contribution < -0.4 is 10.5 Å². The average Bonchev–Trinajstić information content (AvgIpc) is 2.78. The van der Waals surface area contributed by atoms with Crippen molar-refractivity contribution in [3.63, 3.8) is 0 Å². The minimum absolute atomic E-state index is 0.412. The van der Waals surface area contributed by atoms with Gasteiger partial charge in [-0.2, -0.15) is 5.26 Å². The Balaban J connectivity index is 1.75. The predicted molar refractivity (Wildman–Crippen MR) is 130 cm³/mol. The van der Waals surface area contributed by atoms with Crippen LogP contribution >= 0.6 is 0 Å². The van der Waals surface area contributed by atoms with Gasteiger partial charge in [0.2, 0.25) is 0 Å². The Kier molecular flexibility index (Phi) is 5.76. The number of carbonyl (C=O) groups excluding carboxylic acids is 1. The summed E-state index contributed by atoms with van der Waals surface area (Å²) in [7, 11) is 0. The molecule has 0 aromatic heterocycles. The monoisotopic (exact) mass is 436 g/mol. The summed E-state index contributed by atoms with van der Waals surface area (Å²) < 4.78 is 11.9. The second-order valence-corrected chi connectivity index (χ2v) is 8.74. The predicted octanol–water partition coefficient (Wildman–Crippen LogP) is 6.71. The smallest absolute Gasteiger partial charge is 0.339 e. The van der Waals surface area contributed by atoms with E-state index in [0.29, 0.717) is 39.4 Å². The van der Waals surface area contributed by atoms with E-state index in [1.54, 1.807) is 36.4 Å². The van der Waals surface area contributed by atoms with Gasteiger partial charge in [-0.25, -0.2) is 4.79 Å². The van der Waals surface area contributed by atoms with Crippen LogP contribution in [0, 0.1) is 11.3 Å². The highest BCUT2D eigenvalue weighted by Crippen LogP contribution is 2.38. The van der Waals surface area contributed by atoms with E-state index in [2.05, 4.69) is 6.07 Å². The fraction of sp³-hybridized carbons (Fsp3) is 0.143.